The van der Waals surface area contributed by atoms with Gasteiger partial charge in [0.1, 0.15) is 0 Å². The number of hydrogen-bond donors (Lipinski definition) is 1. The lowest BCUT2D eigenvalue weighted by Crippen LogP contribution is -2.08. The molecule has 0 amide bonds. The maximum Gasteiger partial charge on any atom is 0.0403 e. The highest BCUT2D eigenvalue weighted by Gasteiger charge is 1.98. The van der Waals surface area contributed by atoms with Gasteiger partial charge in [0.15, 0.2) is 0 Å². The Morgan fingerprint density at radius 2 is 1.61 bits per heavy atom. The Kier molecular flexibility index (Phi) is 3.88. The minimum Gasteiger partial charge on any atom is -0.381 e. The molecular formula is C16H20N2. The third kappa shape index (κ3) is 3.04. The van der Waals surface area contributed by atoms with E-state index in [0.717, 1.165) is 12.2 Å². The van der Waals surface area contributed by atoms with Gasteiger partial charge >= 0.3 is 0 Å². The van der Waals surface area contributed by atoms with E-state index in [1.54, 1.807) is 0 Å². The predicted molar refractivity (Wildman–Crippen MR) is 79.3 cm³/mol. The zero-order valence-electron chi connectivity index (χ0n) is 11.3. The zero-order valence-corrected chi connectivity index (χ0v) is 11.3. The Hall–Kier alpha value is -1.96. The summed E-state index contributed by atoms with van der Waals surface area (Å²) in [6.45, 7) is 3.01. The minimum atomic E-state index is 0.869. The number of hydrogen-bond acceptors (Lipinski definition) is 2. The Balaban J connectivity index is 2.00. The van der Waals surface area contributed by atoms with Crippen molar-refractivity contribution in [1.29, 1.82) is 0 Å². The normalized spacial score (nSPS) is 10.2. The molecule has 0 fully saturated rings. The van der Waals surface area contributed by atoms with Crippen molar-refractivity contribution in [3.05, 3.63) is 59.7 Å². The molecule has 0 radical (unpaired) electrons. The first-order valence-electron chi connectivity index (χ1n) is 6.22. The summed E-state index contributed by atoms with van der Waals surface area (Å²) >= 11 is 0. The fourth-order valence-corrected chi connectivity index (χ4v) is 1.88. The van der Waals surface area contributed by atoms with Gasteiger partial charge in [0.25, 0.3) is 0 Å². The molecule has 0 spiro atoms. The lowest BCUT2D eigenvalue weighted by atomic mass is 10.1. The van der Waals surface area contributed by atoms with Gasteiger partial charge in [0, 0.05) is 32.0 Å². The quantitative estimate of drug-likeness (QED) is 0.877. The topological polar surface area (TPSA) is 15.3 Å². The Labute approximate surface area is 109 Å². The fourth-order valence-electron chi connectivity index (χ4n) is 1.88. The van der Waals surface area contributed by atoms with Crippen LogP contribution in [0.5, 0.6) is 0 Å². The summed E-state index contributed by atoms with van der Waals surface area (Å²) in [6, 6.07) is 17.0. The van der Waals surface area contributed by atoms with Crippen molar-refractivity contribution < 1.29 is 0 Å². The maximum absolute atomic E-state index is 3.45. The molecule has 0 atom stereocenters. The molecule has 2 nitrogen and oxygen atoms in total. The van der Waals surface area contributed by atoms with Crippen LogP contribution in [0.2, 0.25) is 0 Å². The number of aryl methyl sites for hydroxylation is 1. The molecule has 2 aromatic carbocycles. The molecule has 0 aromatic heterocycles. The monoisotopic (exact) mass is 240 g/mol. The molecule has 2 heteroatoms. The highest BCUT2D eigenvalue weighted by molar-refractivity contribution is 5.54. The first-order chi connectivity index (χ1) is 8.66. The molecule has 0 heterocycles. The van der Waals surface area contributed by atoms with Gasteiger partial charge in [-0.1, -0.05) is 24.3 Å². The van der Waals surface area contributed by atoms with Crippen LogP contribution in [0, 0.1) is 6.92 Å². The van der Waals surface area contributed by atoms with Crippen LogP contribution in [0.3, 0.4) is 0 Å². The van der Waals surface area contributed by atoms with Crippen LogP contribution < -0.4 is 10.2 Å². The van der Waals surface area contributed by atoms with E-state index in [0.29, 0.717) is 0 Å². The van der Waals surface area contributed by atoms with E-state index in [1.165, 1.54) is 16.8 Å². The summed E-state index contributed by atoms with van der Waals surface area (Å²) < 4.78 is 0. The molecule has 0 aliphatic heterocycles. The van der Waals surface area contributed by atoms with Crippen molar-refractivity contribution in [1.82, 2.24) is 0 Å². The van der Waals surface area contributed by atoms with Gasteiger partial charge < -0.3 is 10.2 Å². The first-order valence-corrected chi connectivity index (χ1v) is 6.22. The molecule has 0 unspecified atom stereocenters. The number of anilines is 2. The fraction of sp³-hybridized carbons (Fsp3) is 0.250. The van der Waals surface area contributed by atoms with Crippen molar-refractivity contribution >= 4 is 11.4 Å². The standard InChI is InChI=1S/C16H20N2/c1-13-6-4-5-7-14(13)12-17-15-8-10-16(11-9-15)18(2)3/h4-11,17H,12H2,1-3H3. The lowest BCUT2D eigenvalue weighted by molar-refractivity contribution is 1.11. The molecule has 18 heavy (non-hydrogen) atoms. The van der Waals surface area contributed by atoms with E-state index in [-0.39, 0.29) is 0 Å². The Bertz CT molecular complexity index is 501. The van der Waals surface area contributed by atoms with Crippen LogP contribution in [-0.4, -0.2) is 14.1 Å². The number of rotatable bonds is 4. The van der Waals surface area contributed by atoms with Crippen LogP contribution in [0.15, 0.2) is 48.5 Å². The summed E-state index contributed by atoms with van der Waals surface area (Å²) in [6.07, 6.45) is 0. The predicted octanol–water partition coefficient (Wildman–Crippen LogP) is 3.67. The van der Waals surface area contributed by atoms with Crippen LogP contribution in [0.4, 0.5) is 11.4 Å². The van der Waals surface area contributed by atoms with Crippen LogP contribution in [0.25, 0.3) is 0 Å². The average Bonchev–Trinajstić information content (AvgIpc) is 2.38. The second-order valence-electron chi connectivity index (χ2n) is 4.72. The van der Waals surface area contributed by atoms with E-state index >= 15 is 0 Å². The second kappa shape index (κ2) is 5.58. The third-order valence-electron chi connectivity index (χ3n) is 3.13. The van der Waals surface area contributed by atoms with Gasteiger partial charge in [-0.05, 0) is 42.3 Å². The van der Waals surface area contributed by atoms with E-state index in [1.807, 2.05) is 0 Å². The molecule has 2 rings (SSSR count). The molecule has 0 saturated heterocycles. The Morgan fingerprint density at radius 1 is 0.944 bits per heavy atom. The number of nitrogens with zero attached hydrogens (tertiary/aromatic N) is 1. The molecule has 0 aliphatic rings. The molecule has 0 bridgehead atoms. The third-order valence-corrected chi connectivity index (χ3v) is 3.13. The van der Waals surface area contributed by atoms with E-state index in [2.05, 4.69) is 79.8 Å². The first kappa shape index (κ1) is 12.5. The Morgan fingerprint density at radius 3 is 2.22 bits per heavy atom. The van der Waals surface area contributed by atoms with Crippen LogP contribution in [-0.2, 0) is 6.54 Å². The molecule has 1 N–H and O–H groups in total. The van der Waals surface area contributed by atoms with Crippen LogP contribution in [0.1, 0.15) is 11.1 Å². The summed E-state index contributed by atoms with van der Waals surface area (Å²) in [4.78, 5) is 2.10. The summed E-state index contributed by atoms with van der Waals surface area (Å²) in [7, 11) is 4.10. The van der Waals surface area contributed by atoms with Gasteiger partial charge in [-0.15, -0.1) is 0 Å². The maximum atomic E-state index is 3.45. The molecule has 0 aliphatic carbocycles. The highest BCUT2D eigenvalue weighted by Crippen LogP contribution is 2.17. The average molecular weight is 240 g/mol. The number of nitrogens with one attached hydrogen (secondary N) is 1. The van der Waals surface area contributed by atoms with E-state index in [9.17, 15) is 0 Å². The molecular weight excluding hydrogens is 220 g/mol. The zero-order chi connectivity index (χ0) is 13.0. The van der Waals surface area contributed by atoms with E-state index < -0.39 is 0 Å². The SMILES string of the molecule is Cc1ccccc1CNc1ccc(N(C)C)cc1. The van der Waals surface area contributed by atoms with Gasteiger partial charge in [0.2, 0.25) is 0 Å². The lowest BCUT2D eigenvalue weighted by Gasteiger charge is -2.14. The molecule has 0 saturated carbocycles. The van der Waals surface area contributed by atoms with Crippen LogP contribution >= 0.6 is 0 Å². The van der Waals surface area contributed by atoms with E-state index in [4.69, 9.17) is 0 Å². The summed E-state index contributed by atoms with van der Waals surface area (Å²) in [5.74, 6) is 0. The van der Waals surface area contributed by atoms with Gasteiger partial charge in [-0.25, -0.2) is 0 Å². The van der Waals surface area contributed by atoms with Gasteiger partial charge in [-0.2, -0.15) is 0 Å². The highest BCUT2D eigenvalue weighted by atomic mass is 15.1. The van der Waals surface area contributed by atoms with Crippen molar-refractivity contribution in [2.75, 3.05) is 24.3 Å². The largest absolute Gasteiger partial charge is 0.381 e. The number of benzene rings is 2. The second-order valence-corrected chi connectivity index (χ2v) is 4.72. The minimum absolute atomic E-state index is 0.869. The van der Waals surface area contributed by atoms with Gasteiger partial charge in [0.05, 0.1) is 0 Å². The van der Waals surface area contributed by atoms with Crippen molar-refractivity contribution in [3.63, 3.8) is 0 Å². The summed E-state index contributed by atoms with van der Waals surface area (Å²) in [5.41, 5.74) is 5.05. The van der Waals surface area contributed by atoms with Crippen molar-refractivity contribution in [2.45, 2.75) is 13.5 Å². The summed E-state index contributed by atoms with van der Waals surface area (Å²) in [5, 5.41) is 3.45. The van der Waals surface area contributed by atoms with Crippen molar-refractivity contribution in [2.24, 2.45) is 0 Å². The van der Waals surface area contributed by atoms with Crippen molar-refractivity contribution in [3.8, 4) is 0 Å². The molecule has 2 aromatic rings. The van der Waals surface area contributed by atoms with Gasteiger partial charge in [-0.3, -0.25) is 0 Å². The molecule has 94 valence electrons. The smallest absolute Gasteiger partial charge is 0.0403 e.